The predicted molar refractivity (Wildman–Crippen MR) is 137 cm³/mol. The topological polar surface area (TPSA) is 62.6 Å². The van der Waals surface area contributed by atoms with Crippen molar-refractivity contribution in [2.75, 3.05) is 13.1 Å². The van der Waals surface area contributed by atoms with Crippen molar-refractivity contribution in [2.24, 2.45) is 0 Å². The monoisotopic (exact) mass is 493 g/mol. The van der Waals surface area contributed by atoms with Crippen molar-refractivity contribution < 1.29 is 18.8 Å². The molecule has 1 fully saturated rings. The van der Waals surface area contributed by atoms with Crippen molar-refractivity contribution in [3.63, 3.8) is 0 Å². The van der Waals surface area contributed by atoms with Crippen LogP contribution in [0.15, 0.2) is 53.6 Å². The Hall–Kier alpha value is -3.39. The van der Waals surface area contributed by atoms with E-state index >= 15 is 0 Å². The number of likely N-dealkylation sites (N-methyl/N-ethyl adjacent to an activating group) is 1. The van der Waals surface area contributed by atoms with Crippen molar-refractivity contribution >= 4 is 45.8 Å². The van der Waals surface area contributed by atoms with Gasteiger partial charge in [0.05, 0.1) is 17.0 Å². The third-order valence-electron chi connectivity index (χ3n) is 6.26. The molecule has 0 atom stereocenters. The Morgan fingerprint density at radius 2 is 1.74 bits per heavy atom. The molecule has 2 heterocycles. The molecule has 0 saturated carbocycles. The third kappa shape index (κ3) is 4.89. The first-order chi connectivity index (χ1) is 16.9. The number of amides is 3. The zero-order valence-electron chi connectivity index (χ0n) is 20.1. The van der Waals surface area contributed by atoms with Gasteiger partial charge < -0.3 is 9.47 Å². The molecule has 1 aromatic heterocycles. The molecule has 8 heteroatoms. The summed E-state index contributed by atoms with van der Waals surface area (Å²) in [5.74, 6) is -0.881. The van der Waals surface area contributed by atoms with Gasteiger partial charge in [0.2, 0.25) is 5.91 Å². The van der Waals surface area contributed by atoms with E-state index in [2.05, 4.69) is 6.92 Å². The van der Waals surface area contributed by atoms with Gasteiger partial charge in [0, 0.05) is 35.8 Å². The average Bonchev–Trinajstić information content (AvgIpc) is 3.33. The van der Waals surface area contributed by atoms with E-state index in [9.17, 15) is 18.8 Å². The van der Waals surface area contributed by atoms with E-state index in [-0.39, 0.29) is 29.5 Å². The number of aromatic nitrogens is 1. The van der Waals surface area contributed by atoms with Gasteiger partial charge >= 0.3 is 0 Å². The minimum absolute atomic E-state index is 0.0227. The summed E-state index contributed by atoms with van der Waals surface area (Å²) < 4.78 is 16.0. The van der Waals surface area contributed by atoms with Crippen LogP contribution >= 0.6 is 11.8 Å². The highest BCUT2D eigenvalue weighted by Crippen LogP contribution is 2.36. The number of hydrogen-bond donors (Lipinski definition) is 0. The molecule has 3 aromatic rings. The Bertz CT molecular complexity index is 1330. The van der Waals surface area contributed by atoms with Gasteiger partial charge in [-0.05, 0) is 49.7 Å². The standard InChI is InChI=1S/C27H28FN3O3S/c1-4-18-11-9-12-21-20(15-30(25(18)21)17-24(32)29(5-2)6-3)14-23-26(33)31(27(34)35-23)16-19-10-7-8-13-22(19)28/h7-15H,4-6,16-17H2,1-3H3/b23-14-. The minimum Gasteiger partial charge on any atom is -0.342 e. The van der Waals surface area contributed by atoms with Gasteiger partial charge in [-0.2, -0.15) is 0 Å². The number of thioether (sulfide) groups is 1. The molecule has 0 bridgehead atoms. The van der Waals surface area contributed by atoms with Crippen molar-refractivity contribution in [3.8, 4) is 0 Å². The normalized spacial score (nSPS) is 15.0. The third-order valence-corrected chi connectivity index (χ3v) is 7.17. The van der Waals surface area contributed by atoms with Gasteiger partial charge in [-0.25, -0.2) is 4.39 Å². The zero-order chi connectivity index (χ0) is 25.1. The number of aryl methyl sites for hydroxylation is 1. The number of para-hydroxylation sites is 1. The smallest absolute Gasteiger partial charge is 0.293 e. The zero-order valence-corrected chi connectivity index (χ0v) is 20.9. The number of hydrogen-bond acceptors (Lipinski definition) is 4. The molecule has 35 heavy (non-hydrogen) atoms. The lowest BCUT2D eigenvalue weighted by Crippen LogP contribution is -2.33. The van der Waals surface area contributed by atoms with Crippen molar-refractivity contribution in [3.05, 3.63) is 76.1 Å². The highest BCUT2D eigenvalue weighted by Gasteiger charge is 2.35. The summed E-state index contributed by atoms with van der Waals surface area (Å²) in [5, 5.41) is 0.483. The number of halogens is 1. The molecule has 0 aliphatic carbocycles. The fourth-order valence-electron chi connectivity index (χ4n) is 4.39. The van der Waals surface area contributed by atoms with E-state index in [4.69, 9.17) is 0 Å². The first-order valence-electron chi connectivity index (χ1n) is 11.7. The van der Waals surface area contributed by atoms with Gasteiger partial charge in [0.1, 0.15) is 12.4 Å². The van der Waals surface area contributed by atoms with Gasteiger partial charge in [-0.15, -0.1) is 0 Å². The second kappa shape index (κ2) is 10.5. The van der Waals surface area contributed by atoms with Crippen molar-refractivity contribution in [2.45, 2.75) is 40.3 Å². The fraction of sp³-hybridized carbons (Fsp3) is 0.296. The maximum absolute atomic E-state index is 14.1. The van der Waals surface area contributed by atoms with Crippen LogP contribution in [0, 0.1) is 5.82 Å². The number of rotatable bonds is 8. The van der Waals surface area contributed by atoms with E-state index in [0.29, 0.717) is 13.1 Å². The van der Waals surface area contributed by atoms with Crippen LogP contribution in [0.25, 0.3) is 17.0 Å². The van der Waals surface area contributed by atoms with E-state index in [0.717, 1.165) is 45.1 Å². The number of nitrogens with zero attached hydrogens (tertiary/aromatic N) is 3. The molecule has 182 valence electrons. The largest absolute Gasteiger partial charge is 0.342 e. The fourth-order valence-corrected chi connectivity index (χ4v) is 5.22. The SMILES string of the molecule is CCc1cccc2c(/C=C3\SC(=O)N(Cc4ccccc4F)C3=O)cn(CC(=O)N(CC)CC)c12. The lowest BCUT2D eigenvalue weighted by atomic mass is 10.1. The number of fused-ring (bicyclic) bond motifs is 1. The molecular formula is C27H28FN3O3S. The van der Waals surface area contributed by atoms with Gasteiger partial charge in [0.15, 0.2) is 0 Å². The molecule has 0 spiro atoms. The van der Waals surface area contributed by atoms with Crippen molar-refractivity contribution in [1.82, 2.24) is 14.4 Å². The van der Waals surface area contributed by atoms with E-state index < -0.39 is 17.0 Å². The molecule has 4 rings (SSSR count). The Morgan fingerprint density at radius 3 is 2.43 bits per heavy atom. The van der Waals surface area contributed by atoms with Gasteiger partial charge in [-0.3, -0.25) is 19.3 Å². The number of imide groups is 1. The predicted octanol–water partition coefficient (Wildman–Crippen LogP) is 5.45. The summed E-state index contributed by atoms with van der Waals surface area (Å²) >= 11 is 0.847. The van der Waals surface area contributed by atoms with Crippen LogP contribution in [0.1, 0.15) is 37.5 Å². The van der Waals surface area contributed by atoms with Crippen LogP contribution in [-0.4, -0.2) is 44.5 Å². The van der Waals surface area contributed by atoms with Gasteiger partial charge in [0.25, 0.3) is 11.1 Å². The number of benzene rings is 2. The Morgan fingerprint density at radius 1 is 1.03 bits per heavy atom. The van der Waals surface area contributed by atoms with Crippen LogP contribution in [0.4, 0.5) is 9.18 Å². The first-order valence-corrected chi connectivity index (χ1v) is 12.6. The lowest BCUT2D eigenvalue weighted by Gasteiger charge is -2.19. The molecule has 2 aromatic carbocycles. The van der Waals surface area contributed by atoms with Crippen LogP contribution in [0.2, 0.25) is 0 Å². The molecule has 1 aliphatic heterocycles. The summed E-state index contributed by atoms with van der Waals surface area (Å²) in [6, 6.07) is 12.1. The Labute approximate surface area is 208 Å². The van der Waals surface area contributed by atoms with E-state index in [1.165, 1.54) is 6.07 Å². The second-order valence-corrected chi connectivity index (χ2v) is 9.30. The Kier molecular flexibility index (Phi) is 7.40. The van der Waals surface area contributed by atoms with E-state index in [1.807, 2.05) is 42.8 Å². The summed E-state index contributed by atoms with van der Waals surface area (Å²) in [6.45, 7) is 7.32. The molecule has 1 saturated heterocycles. The summed E-state index contributed by atoms with van der Waals surface area (Å²) in [4.78, 5) is 41.7. The first kappa shape index (κ1) is 24.7. The molecule has 0 N–H and O–H groups in total. The second-order valence-electron chi connectivity index (χ2n) is 8.30. The molecule has 0 unspecified atom stereocenters. The van der Waals surface area contributed by atoms with Crippen LogP contribution in [-0.2, 0) is 29.1 Å². The quantitative estimate of drug-likeness (QED) is 0.392. The molecular weight excluding hydrogens is 465 g/mol. The molecule has 0 radical (unpaired) electrons. The minimum atomic E-state index is -0.455. The maximum Gasteiger partial charge on any atom is 0.293 e. The summed E-state index contributed by atoms with van der Waals surface area (Å²) in [6.07, 6.45) is 4.36. The summed E-state index contributed by atoms with van der Waals surface area (Å²) in [5.41, 5.74) is 3.10. The molecule has 1 aliphatic rings. The van der Waals surface area contributed by atoms with Crippen LogP contribution < -0.4 is 0 Å². The lowest BCUT2D eigenvalue weighted by molar-refractivity contribution is -0.131. The number of carbonyl (C=O) groups excluding carboxylic acids is 3. The maximum atomic E-state index is 14.1. The molecule has 3 amide bonds. The van der Waals surface area contributed by atoms with Crippen LogP contribution in [0.3, 0.4) is 0 Å². The summed E-state index contributed by atoms with van der Waals surface area (Å²) in [7, 11) is 0. The average molecular weight is 494 g/mol. The van der Waals surface area contributed by atoms with Crippen molar-refractivity contribution in [1.29, 1.82) is 0 Å². The highest BCUT2D eigenvalue weighted by molar-refractivity contribution is 8.18. The number of carbonyl (C=O) groups is 3. The van der Waals surface area contributed by atoms with Crippen LogP contribution in [0.5, 0.6) is 0 Å². The highest BCUT2D eigenvalue weighted by atomic mass is 32.2. The van der Waals surface area contributed by atoms with E-state index in [1.54, 1.807) is 29.2 Å². The Balaban J connectivity index is 1.70. The van der Waals surface area contributed by atoms with Gasteiger partial charge in [-0.1, -0.05) is 43.3 Å². The molecule has 6 nitrogen and oxygen atoms in total.